The maximum absolute atomic E-state index is 12.5. The topological polar surface area (TPSA) is 340 Å². The van der Waals surface area contributed by atoms with Gasteiger partial charge in [-0.15, -0.1) is 0 Å². The van der Waals surface area contributed by atoms with Crippen molar-refractivity contribution in [2.24, 2.45) is 16.2 Å². The van der Waals surface area contributed by atoms with Crippen LogP contribution in [-0.4, -0.2) is 122 Å². The summed E-state index contributed by atoms with van der Waals surface area (Å²) in [6.45, 7) is 32.6. The summed E-state index contributed by atoms with van der Waals surface area (Å²) in [4.78, 5) is 58.6. The summed E-state index contributed by atoms with van der Waals surface area (Å²) >= 11 is 5.27. The fourth-order valence-electron chi connectivity index (χ4n) is 10.1. The third-order valence-electron chi connectivity index (χ3n) is 12.9. The number of nitrogens with zero attached hydrogens (tertiary/aromatic N) is 12. The third kappa shape index (κ3) is 18.5. The zero-order valence-corrected chi connectivity index (χ0v) is 54.0. The number of ether oxygens (including phenoxy) is 4. The molecule has 9 heterocycles. The van der Waals surface area contributed by atoms with Gasteiger partial charge in [0.05, 0.1) is 72.4 Å². The zero-order chi connectivity index (χ0) is 61.6. The number of anilines is 3. The monoisotopic (exact) mass is 1220 g/mol. The van der Waals surface area contributed by atoms with Gasteiger partial charge in [0.25, 0.3) is 0 Å². The SMILES string of the molecule is CC(C)(C)C[C@H]1O[C@@H](n2cnc3c(N)ncnc32)CC1OC(C)(C)C.CC(C)(C)C[C@H]1O[C@@H](n2cnc3c(N)ncnc32)CC1OP(=O)(O)OC(C)(C)C.CC(C)(C)C[C@H]1O[C@@H](n2cnc3c(N)ncnc32)CC1OP(O)(=S)OC(C)(C)C. The van der Waals surface area contributed by atoms with Gasteiger partial charge in [-0.25, -0.2) is 49.4 Å². The Hall–Kier alpha value is -4.47. The number of aromatic nitrogens is 12. The lowest BCUT2D eigenvalue weighted by Gasteiger charge is -2.31. The van der Waals surface area contributed by atoms with Crippen molar-refractivity contribution >= 4 is 77.3 Å². The number of phosphoric ester groups is 1. The summed E-state index contributed by atoms with van der Waals surface area (Å²) in [6, 6.07) is 0. The highest BCUT2D eigenvalue weighted by Crippen LogP contribution is 2.54. The number of rotatable bonds is 13. The van der Waals surface area contributed by atoms with Gasteiger partial charge < -0.3 is 55.0 Å². The maximum atomic E-state index is 12.5. The molecule has 26 nitrogen and oxygen atoms in total. The van der Waals surface area contributed by atoms with Crippen LogP contribution in [0.2, 0.25) is 0 Å². The second-order valence-electron chi connectivity index (χ2n) is 28.0. The molecular formula is C54H89N15O11P2S. The van der Waals surface area contributed by atoms with E-state index in [9.17, 15) is 14.4 Å². The van der Waals surface area contributed by atoms with E-state index in [-0.39, 0.29) is 58.4 Å². The number of nitrogen functional groups attached to an aromatic ring is 3. The molecule has 3 saturated heterocycles. The van der Waals surface area contributed by atoms with Crippen LogP contribution in [0.25, 0.3) is 33.5 Å². The molecule has 6 aromatic heterocycles. The van der Waals surface area contributed by atoms with E-state index in [0.29, 0.717) is 64.4 Å². The van der Waals surface area contributed by atoms with E-state index in [0.717, 1.165) is 19.3 Å². The Labute approximate surface area is 491 Å². The van der Waals surface area contributed by atoms with Crippen LogP contribution in [0.4, 0.5) is 17.5 Å². The van der Waals surface area contributed by atoms with Crippen LogP contribution in [0.5, 0.6) is 0 Å². The first-order chi connectivity index (χ1) is 38.0. The summed E-state index contributed by atoms with van der Waals surface area (Å²) in [5.41, 5.74) is 19.5. The van der Waals surface area contributed by atoms with Crippen molar-refractivity contribution in [3.8, 4) is 0 Å². The minimum absolute atomic E-state index is 0.00628. The van der Waals surface area contributed by atoms with Crippen molar-refractivity contribution in [3.63, 3.8) is 0 Å². The lowest BCUT2D eigenvalue weighted by atomic mass is 9.87. The Morgan fingerprint density at radius 1 is 0.494 bits per heavy atom. The van der Waals surface area contributed by atoms with Gasteiger partial charge in [-0.2, -0.15) is 0 Å². The van der Waals surface area contributed by atoms with Gasteiger partial charge in [-0.3, -0.25) is 22.7 Å². The van der Waals surface area contributed by atoms with Crippen LogP contribution in [0.3, 0.4) is 0 Å². The van der Waals surface area contributed by atoms with E-state index < -0.39 is 50.3 Å². The number of hydrogen-bond donors (Lipinski definition) is 5. The minimum Gasteiger partial charge on any atom is -0.382 e. The summed E-state index contributed by atoms with van der Waals surface area (Å²) < 4.78 is 65.7. The van der Waals surface area contributed by atoms with Gasteiger partial charge in [0, 0.05) is 19.3 Å². The van der Waals surface area contributed by atoms with Crippen LogP contribution in [-0.2, 0) is 53.4 Å². The molecule has 3 fully saturated rings. The Morgan fingerprint density at radius 2 is 0.807 bits per heavy atom. The van der Waals surface area contributed by atoms with E-state index >= 15 is 0 Å². The summed E-state index contributed by atoms with van der Waals surface area (Å²) in [6.07, 6.45) is 10.3. The van der Waals surface area contributed by atoms with Crippen molar-refractivity contribution in [1.82, 2.24) is 58.6 Å². The Morgan fingerprint density at radius 3 is 1.12 bits per heavy atom. The van der Waals surface area contributed by atoms with Gasteiger partial charge >= 0.3 is 14.5 Å². The van der Waals surface area contributed by atoms with Crippen molar-refractivity contribution in [2.45, 2.75) is 235 Å². The number of hydrogen-bond acceptors (Lipinski definition) is 22. The molecule has 0 radical (unpaired) electrons. The van der Waals surface area contributed by atoms with Crippen LogP contribution >= 0.6 is 14.5 Å². The lowest BCUT2D eigenvalue weighted by Crippen LogP contribution is -2.35. The number of imidazole rings is 3. The first-order valence-corrected chi connectivity index (χ1v) is 32.0. The summed E-state index contributed by atoms with van der Waals surface area (Å²) in [5.74, 6) is 0.981. The molecule has 0 bridgehead atoms. The molecule has 6 aromatic rings. The Kier molecular flexibility index (Phi) is 19.7. The van der Waals surface area contributed by atoms with E-state index in [1.807, 2.05) is 29.9 Å². The summed E-state index contributed by atoms with van der Waals surface area (Å²) in [7, 11) is -4.28. The van der Waals surface area contributed by atoms with E-state index in [4.69, 9.17) is 66.1 Å². The van der Waals surface area contributed by atoms with Gasteiger partial charge in [0.2, 0.25) is 0 Å². The molecule has 3 aliphatic rings. The molecule has 9 rings (SSSR count). The van der Waals surface area contributed by atoms with E-state index in [2.05, 4.69) is 128 Å². The number of fused-ring (bicyclic) bond motifs is 3. The Bertz CT molecular complexity index is 3090. The smallest absolute Gasteiger partial charge is 0.382 e. The normalized spacial score (nSPS) is 25.3. The third-order valence-corrected chi connectivity index (χ3v) is 16.0. The van der Waals surface area contributed by atoms with E-state index in [1.165, 1.54) is 19.0 Å². The fraction of sp³-hybridized carbons (Fsp3) is 0.722. The molecule has 11 atom stereocenters. The quantitative estimate of drug-likeness (QED) is 0.0671. The predicted molar refractivity (Wildman–Crippen MR) is 319 cm³/mol. The van der Waals surface area contributed by atoms with E-state index in [1.54, 1.807) is 44.3 Å². The van der Waals surface area contributed by atoms with Crippen LogP contribution in [0.15, 0.2) is 38.0 Å². The minimum atomic E-state index is -4.28. The molecule has 462 valence electrons. The van der Waals surface area contributed by atoms with Gasteiger partial charge in [-0.1, -0.05) is 62.3 Å². The molecule has 0 aliphatic carbocycles. The average Bonchev–Trinajstić information content (AvgIpc) is 4.18. The molecule has 8 N–H and O–H groups in total. The second-order valence-corrected chi connectivity index (χ2v) is 32.1. The molecule has 0 saturated carbocycles. The fourth-order valence-corrected chi connectivity index (χ4v) is 13.7. The van der Waals surface area contributed by atoms with Crippen molar-refractivity contribution in [1.29, 1.82) is 0 Å². The molecule has 83 heavy (non-hydrogen) atoms. The molecule has 0 aromatic carbocycles. The molecule has 29 heteroatoms. The largest absolute Gasteiger partial charge is 0.473 e. The first-order valence-electron chi connectivity index (χ1n) is 27.9. The van der Waals surface area contributed by atoms with Crippen LogP contribution in [0, 0.1) is 16.2 Å². The first kappa shape index (κ1) is 66.1. The second kappa shape index (κ2) is 24.7. The highest BCUT2D eigenvalue weighted by atomic mass is 32.5. The maximum Gasteiger partial charge on any atom is 0.473 e. The van der Waals surface area contributed by atoms with Gasteiger partial charge in [0.15, 0.2) is 34.4 Å². The lowest BCUT2D eigenvalue weighted by molar-refractivity contribution is -0.102. The van der Waals surface area contributed by atoms with Crippen molar-refractivity contribution in [3.05, 3.63) is 38.0 Å². The van der Waals surface area contributed by atoms with Gasteiger partial charge in [0.1, 0.15) is 54.2 Å². The predicted octanol–water partition coefficient (Wildman–Crippen LogP) is 10.3. The molecular weight excluding hydrogens is 1130 g/mol. The molecule has 5 unspecified atom stereocenters. The van der Waals surface area contributed by atoms with Gasteiger partial charge in [-0.05, 0) is 110 Å². The van der Waals surface area contributed by atoms with Crippen LogP contribution in [0.1, 0.15) is 182 Å². The van der Waals surface area contributed by atoms with Crippen LogP contribution < -0.4 is 17.2 Å². The Balaban J connectivity index is 0.000000180. The number of nitrogens with two attached hydrogens (primary N) is 3. The highest BCUT2D eigenvalue weighted by molar-refractivity contribution is 8.07. The highest BCUT2D eigenvalue weighted by Gasteiger charge is 2.46. The molecule has 0 amide bonds. The van der Waals surface area contributed by atoms with Crippen molar-refractivity contribution < 1.29 is 51.4 Å². The number of phosphoric acid groups is 1. The average molecular weight is 1220 g/mol. The zero-order valence-electron chi connectivity index (χ0n) is 51.4. The molecule has 3 aliphatic heterocycles. The molecule has 0 spiro atoms. The standard InChI is InChI=1S/C18H30N5O5P.C18H30N5O4PS.C18H29N5O2/c1-17(2,3)8-12-11(27-29(24,25)28-18(4,5)6)7-13(26-12)23-10-22-14-15(19)20-9-21-16(14)23;1-17(2,3)8-12-11(26-28(24,29)27-18(4,5)6)7-13(25-12)23-10-22-14-15(19)20-9-21-16(14)23;1-17(2,3)8-12-11(25-18(4,5)6)7-13(24-12)23-10-22-14-15(19)20-9-21-16(14)23/h9-13H,7-8H2,1-6H3,(H,24,25)(H2,19,20,21);9-13H,7-8H2,1-6H3,(H,24,29)(H2,19,20,21);9-13H,7-8H2,1-6H3,(H2,19,20,21)/t11?,12-,13-;11?,12-,13-,28?;11?,12-,13-/m111/s1. The summed E-state index contributed by atoms with van der Waals surface area (Å²) in [5, 5.41) is 0. The van der Waals surface area contributed by atoms with Crippen molar-refractivity contribution in [2.75, 3.05) is 17.2 Å².